The van der Waals surface area contributed by atoms with Crippen molar-refractivity contribution in [1.82, 2.24) is 18.5 Å². The zero-order valence-corrected chi connectivity index (χ0v) is 40.0. The van der Waals surface area contributed by atoms with Gasteiger partial charge in [-0.1, -0.05) is 153 Å². The van der Waals surface area contributed by atoms with Gasteiger partial charge in [0.25, 0.3) is 0 Å². The quantitative estimate of drug-likeness (QED) is 0.0922. The van der Waals surface area contributed by atoms with E-state index in [0.717, 1.165) is 44.5 Å². The van der Waals surface area contributed by atoms with E-state index in [1.54, 1.807) is 0 Å². The van der Waals surface area contributed by atoms with Crippen molar-refractivity contribution in [3.05, 3.63) is 203 Å². The summed E-state index contributed by atoms with van der Waals surface area (Å²) in [6, 6.07) is 60.4. The number of quaternary nitrogens is 2. The van der Waals surface area contributed by atoms with Gasteiger partial charge in [0.2, 0.25) is 0 Å². The predicted molar refractivity (Wildman–Crippen MR) is 255 cm³/mol. The van der Waals surface area contributed by atoms with Crippen LogP contribution in [0.2, 0.25) is 0 Å². The van der Waals surface area contributed by atoms with Crippen molar-refractivity contribution in [3.8, 4) is 5.82 Å². The Morgan fingerprint density at radius 2 is 1.15 bits per heavy atom. The Hall–Kier alpha value is -5.12. The second kappa shape index (κ2) is 14.5. The summed E-state index contributed by atoms with van der Waals surface area (Å²) in [5, 5.41) is 2.34. The van der Waals surface area contributed by atoms with E-state index in [0.29, 0.717) is 4.48 Å². The summed E-state index contributed by atoms with van der Waals surface area (Å²) in [6.45, 7) is 24.2. The molecule has 2 aromatic heterocycles. The molecule has 4 nitrogen and oxygen atoms in total. The van der Waals surface area contributed by atoms with Crippen LogP contribution in [0.1, 0.15) is 101 Å². The predicted octanol–water partition coefficient (Wildman–Crippen LogP) is 13.7. The van der Waals surface area contributed by atoms with Gasteiger partial charge in [0.05, 0.1) is 13.7 Å². The van der Waals surface area contributed by atoms with Crippen molar-refractivity contribution in [3.63, 3.8) is 0 Å². The Morgan fingerprint density at radius 3 is 1.77 bits per heavy atom. The van der Waals surface area contributed by atoms with Crippen LogP contribution in [0.4, 0.5) is 17.1 Å². The molecule has 1 fully saturated rings. The molecule has 3 aliphatic rings. The van der Waals surface area contributed by atoms with Gasteiger partial charge >= 0.3 is 0 Å². The van der Waals surface area contributed by atoms with E-state index in [9.17, 15) is 0 Å². The summed E-state index contributed by atoms with van der Waals surface area (Å²) in [6.07, 6.45) is 1.96. The van der Waals surface area contributed by atoms with E-state index < -0.39 is 5.41 Å². The summed E-state index contributed by atoms with van der Waals surface area (Å²) >= 11 is 0. The first-order valence-electron chi connectivity index (χ1n) is 21.8. The fraction of sp³-hybridized carbons (Fsp3) is 0.263. The standard InChI is InChI=1S/C57H57N4.Pt/c1-54(2,3)41-26-28-51-52(35-41)60(10)37-61(51,38-60)46-32-44(56(7,8)9)31-45(33-46)57(39-19-13-11-14-20-39,40-21-15-12-16-22-40)43-25-27-48-47-23-17-18-24-49(47)59(50(48)34-43)53-36-42(29-30-58-53)55(4,5)6;/h11-32,35-37H,38H2,1-10H3;/q-1;/t60-,61+;/m0./s1. The minimum Gasteiger partial charge on any atom is -0.325 e. The molecular weight excluding hydrogens is 936 g/mol. The molecule has 2 bridgehead atoms. The summed E-state index contributed by atoms with van der Waals surface area (Å²) in [4.78, 5) is 5.04. The van der Waals surface area contributed by atoms with Crippen molar-refractivity contribution < 1.29 is 21.1 Å². The second-order valence-electron chi connectivity index (χ2n) is 20.9. The molecule has 2 atom stereocenters. The zero-order chi connectivity index (χ0) is 42.7. The minimum atomic E-state index is -0.783. The molecule has 0 aliphatic carbocycles. The van der Waals surface area contributed by atoms with Gasteiger partial charge in [-0.3, -0.25) is 0 Å². The molecule has 5 heteroatoms. The molecule has 1 saturated heterocycles. The molecule has 316 valence electrons. The number of hydrogen-bond donors (Lipinski definition) is 0. The van der Waals surface area contributed by atoms with E-state index in [1.807, 2.05) is 6.20 Å². The third-order valence-electron chi connectivity index (χ3n) is 13.6. The van der Waals surface area contributed by atoms with Gasteiger partial charge in [-0.25, -0.2) is 4.98 Å². The van der Waals surface area contributed by atoms with Crippen LogP contribution in [-0.2, 0) is 42.7 Å². The minimum absolute atomic E-state index is 0. The van der Waals surface area contributed by atoms with Gasteiger partial charge in [0, 0.05) is 56.0 Å². The number of pyridine rings is 1. The number of aromatic nitrogens is 2. The normalized spacial score (nSPS) is 18.7. The van der Waals surface area contributed by atoms with Gasteiger partial charge in [0.1, 0.15) is 5.82 Å². The van der Waals surface area contributed by atoms with E-state index in [4.69, 9.17) is 4.98 Å². The number of hydrogen-bond acceptors (Lipinski definition) is 1. The molecule has 0 radical (unpaired) electrons. The van der Waals surface area contributed by atoms with Crippen LogP contribution in [0.25, 0.3) is 27.6 Å². The van der Waals surface area contributed by atoms with Crippen LogP contribution in [0.5, 0.6) is 0 Å². The van der Waals surface area contributed by atoms with Crippen LogP contribution < -0.4 is 8.97 Å². The Balaban J connectivity index is 0.00000490. The van der Waals surface area contributed by atoms with E-state index in [-0.39, 0.29) is 37.3 Å². The van der Waals surface area contributed by atoms with Crippen LogP contribution in [0, 0.1) is 18.8 Å². The van der Waals surface area contributed by atoms with E-state index in [1.165, 1.54) is 50.3 Å². The molecule has 3 aliphatic heterocycles. The smallest absolute Gasteiger partial charge is 0.179 e. The summed E-state index contributed by atoms with van der Waals surface area (Å²) in [7, 11) is 2.36. The summed E-state index contributed by atoms with van der Waals surface area (Å²) in [5.74, 6) is 0.897. The number of rotatable bonds is 6. The number of nitrogens with zero attached hydrogens (tertiary/aromatic N) is 4. The van der Waals surface area contributed by atoms with Crippen molar-refractivity contribution >= 4 is 38.9 Å². The van der Waals surface area contributed by atoms with Gasteiger partial charge in [-0.2, -0.15) is 24.3 Å². The van der Waals surface area contributed by atoms with Crippen LogP contribution in [0.15, 0.2) is 146 Å². The largest absolute Gasteiger partial charge is 0.325 e. The van der Waals surface area contributed by atoms with Crippen molar-refractivity contribution in [2.24, 2.45) is 0 Å². The molecule has 0 unspecified atom stereocenters. The molecule has 0 N–H and O–H groups in total. The van der Waals surface area contributed by atoms with Crippen molar-refractivity contribution in [2.75, 3.05) is 13.7 Å². The maximum absolute atomic E-state index is 5.04. The summed E-state index contributed by atoms with van der Waals surface area (Å²) in [5.41, 5.74) is 13.6. The van der Waals surface area contributed by atoms with Gasteiger partial charge in [0.15, 0.2) is 18.0 Å². The Kier molecular flexibility index (Phi) is 9.84. The van der Waals surface area contributed by atoms with Gasteiger partial charge in [-0.05, 0) is 62.1 Å². The molecule has 0 spiro atoms. The summed E-state index contributed by atoms with van der Waals surface area (Å²) < 4.78 is 3.80. The monoisotopic (exact) mass is 992 g/mol. The zero-order valence-electron chi connectivity index (χ0n) is 37.7. The number of benzene rings is 6. The third-order valence-corrected chi connectivity index (χ3v) is 13.6. The first-order valence-corrected chi connectivity index (χ1v) is 21.8. The SMILES string of the molecule is CC(C)(C)c1cc(C(c2[c-]c3c(cc2)c2ccccc2n3-c2cc(C(C)(C)C)ccn2)(c2ccccc2)c2ccccc2)[c-]c([N@@+]23[CH-][N@@+](C)(C2)c2cc(C(C)(C)C)ccc23)c1.[Pt]. The first kappa shape index (κ1) is 42.2. The average molecular weight is 993 g/mol. The van der Waals surface area contributed by atoms with E-state index in [2.05, 4.69) is 232 Å². The Bertz CT molecular complexity index is 2950. The molecular formula is C57H57N4Pt-. The third kappa shape index (κ3) is 6.39. The van der Waals surface area contributed by atoms with E-state index >= 15 is 0 Å². The molecule has 62 heavy (non-hydrogen) atoms. The number of para-hydroxylation sites is 1. The average Bonchev–Trinajstić information content (AvgIpc) is 3.79. The first-order chi connectivity index (χ1) is 28.9. The topological polar surface area (TPSA) is 17.8 Å². The maximum Gasteiger partial charge on any atom is 0.179 e. The fourth-order valence-corrected chi connectivity index (χ4v) is 10.2. The van der Waals surface area contributed by atoms with Crippen molar-refractivity contribution in [1.29, 1.82) is 0 Å². The van der Waals surface area contributed by atoms with Crippen LogP contribution >= 0.6 is 0 Å². The number of fused-ring (bicyclic) bond motifs is 3. The molecule has 0 amide bonds. The van der Waals surface area contributed by atoms with Gasteiger partial charge in [-0.15, -0.1) is 34.2 Å². The molecule has 5 heterocycles. The Morgan fingerprint density at radius 1 is 0.548 bits per heavy atom. The maximum atomic E-state index is 5.04. The Labute approximate surface area is 383 Å². The van der Waals surface area contributed by atoms with Crippen molar-refractivity contribution in [2.45, 2.75) is 84.0 Å². The fourth-order valence-electron chi connectivity index (χ4n) is 10.2. The van der Waals surface area contributed by atoms with Crippen LogP contribution in [0.3, 0.4) is 0 Å². The molecule has 6 aromatic carbocycles. The van der Waals surface area contributed by atoms with Crippen LogP contribution in [-0.4, -0.2) is 23.3 Å². The van der Waals surface area contributed by atoms with Gasteiger partial charge < -0.3 is 13.5 Å². The molecule has 11 rings (SSSR count). The second-order valence-corrected chi connectivity index (χ2v) is 20.9. The molecule has 8 aromatic rings. The molecule has 0 saturated carbocycles.